The number of likely N-dealkylation sites (N-methyl/N-ethyl adjacent to an activating group) is 1. The summed E-state index contributed by atoms with van der Waals surface area (Å²) >= 11 is 0. The van der Waals surface area contributed by atoms with Crippen LogP contribution in [-0.2, 0) is 31.5 Å². The fourth-order valence-electron chi connectivity index (χ4n) is 3.38. The number of carbonyl (C=O) groups excluding carboxylic acids is 1. The molecule has 2 aliphatic heterocycles. The number of carboxylic acid groups (broad SMARTS) is 2. The van der Waals surface area contributed by atoms with Crippen molar-refractivity contribution in [2.24, 2.45) is 0 Å². The van der Waals surface area contributed by atoms with E-state index < -0.39 is 17.7 Å². The van der Waals surface area contributed by atoms with Crippen LogP contribution in [0.5, 0.6) is 5.75 Å². The Bertz CT molecular complexity index is 930. The second-order valence-corrected chi connectivity index (χ2v) is 8.05. The van der Waals surface area contributed by atoms with E-state index in [1.165, 1.54) is 0 Å². The van der Waals surface area contributed by atoms with E-state index in [4.69, 9.17) is 19.3 Å². The Morgan fingerprint density at radius 1 is 1.06 bits per heavy atom. The van der Waals surface area contributed by atoms with Crippen molar-refractivity contribution in [2.45, 2.75) is 18.6 Å². The first kappa shape index (κ1) is 22.5. The average molecular weight is 427 g/mol. The van der Waals surface area contributed by atoms with Crippen LogP contribution >= 0.6 is 0 Å². The molecule has 2 aliphatic rings. The molecule has 2 unspecified atom stereocenters. The number of nitrogens with zero attached hydrogens (tertiary/aromatic N) is 1. The molecule has 8 heteroatoms. The van der Waals surface area contributed by atoms with E-state index in [-0.39, 0.29) is 6.23 Å². The number of hydrogen-bond donors (Lipinski definition) is 1. The zero-order valence-corrected chi connectivity index (χ0v) is 17.6. The SMILES string of the molecule is C[N+](C)(C)C1COC2(O1)c1ccccc1COc1ccccc12.O=C([O-])/C=C\C(=O)O. The Morgan fingerprint density at radius 3 is 2.29 bits per heavy atom. The summed E-state index contributed by atoms with van der Waals surface area (Å²) in [6.45, 7) is 1.07. The normalized spacial score (nSPS) is 22.0. The third-order valence-electron chi connectivity index (χ3n) is 4.95. The van der Waals surface area contributed by atoms with Gasteiger partial charge in [0.1, 0.15) is 19.0 Å². The number of rotatable bonds is 3. The van der Waals surface area contributed by atoms with E-state index in [0.29, 0.717) is 29.8 Å². The average Bonchev–Trinajstić information content (AvgIpc) is 3.13. The molecule has 1 fully saturated rings. The molecule has 0 saturated carbocycles. The number of quaternary nitrogens is 1. The number of hydrogen-bond acceptors (Lipinski definition) is 6. The van der Waals surface area contributed by atoms with Gasteiger partial charge in [0, 0.05) is 11.6 Å². The van der Waals surface area contributed by atoms with Gasteiger partial charge in [-0.05, 0) is 23.8 Å². The summed E-state index contributed by atoms with van der Waals surface area (Å²) in [7, 11) is 6.37. The molecule has 2 aromatic carbocycles. The number of aliphatic carboxylic acids is 2. The van der Waals surface area contributed by atoms with Gasteiger partial charge >= 0.3 is 5.97 Å². The van der Waals surface area contributed by atoms with Crippen molar-refractivity contribution in [3.05, 3.63) is 77.4 Å². The Hall–Kier alpha value is -3.20. The zero-order chi connectivity index (χ0) is 22.6. The van der Waals surface area contributed by atoms with Crippen LogP contribution in [0.15, 0.2) is 60.7 Å². The summed E-state index contributed by atoms with van der Waals surface area (Å²) in [5.41, 5.74) is 3.09. The van der Waals surface area contributed by atoms with Crippen LogP contribution in [0.3, 0.4) is 0 Å². The number of carboxylic acids is 2. The van der Waals surface area contributed by atoms with Crippen LogP contribution in [0.25, 0.3) is 0 Å². The molecule has 8 nitrogen and oxygen atoms in total. The lowest BCUT2D eigenvalue weighted by molar-refractivity contribution is -0.917. The van der Waals surface area contributed by atoms with Gasteiger partial charge in [0.25, 0.3) is 0 Å². The Morgan fingerprint density at radius 2 is 1.71 bits per heavy atom. The van der Waals surface area contributed by atoms with E-state index in [9.17, 15) is 14.7 Å². The summed E-state index contributed by atoms with van der Waals surface area (Å²) in [6, 6.07) is 16.2. The third kappa shape index (κ3) is 4.93. The summed E-state index contributed by atoms with van der Waals surface area (Å²) in [6.07, 6.45) is 0.909. The van der Waals surface area contributed by atoms with Crippen molar-refractivity contribution in [3.8, 4) is 5.75 Å². The Kier molecular flexibility index (Phi) is 6.45. The number of ether oxygens (including phenoxy) is 3. The zero-order valence-electron chi connectivity index (χ0n) is 17.6. The molecule has 1 N–H and O–H groups in total. The van der Waals surface area contributed by atoms with Crippen molar-refractivity contribution in [1.29, 1.82) is 0 Å². The molecule has 164 valence electrons. The highest BCUT2D eigenvalue weighted by Gasteiger charge is 2.52. The molecule has 4 rings (SSSR count). The molecule has 31 heavy (non-hydrogen) atoms. The van der Waals surface area contributed by atoms with E-state index in [2.05, 4.69) is 33.3 Å². The summed E-state index contributed by atoms with van der Waals surface area (Å²) in [5.74, 6) is -2.87. The lowest BCUT2D eigenvalue weighted by Gasteiger charge is -2.33. The first-order chi connectivity index (χ1) is 14.6. The summed E-state index contributed by atoms with van der Waals surface area (Å²) in [5, 5.41) is 17.2. The van der Waals surface area contributed by atoms with Gasteiger partial charge in [-0.2, -0.15) is 0 Å². The minimum Gasteiger partial charge on any atom is -0.545 e. The van der Waals surface area contributed by atoms with Crippen LogP contribution in [0.1, 0.15) is 16.7 Å². The Balaban J connectivity index is 0.000000293. The van der Waals surface area contributed by atoms with Gasteiger partial charge < -0.3 is 29.0 Å². The van der Waals surface area contributed by atoms with Crippen LogP contribution in [0.2, 0.25) is 0 Å². The maximum absolute atomic E-state index is 9.53. The molecule has 1 spiro atoms. The maximum Gasteiger partial charge on any atom is 0.328 e. The molecule has 0 aliphatic carbocycles. The summed E-state index contributed by atoms with van der Waals surface area (Å²) < 4.78 is 19.6. The number of para-hydroxylation sites is 1. The van der Waals surface area contributed by atoms with Crippen LogP contribution in [0.4, 0.5) is 0 Å². The molecular weight excluding hydrogens is 402 g/mol. The molecule has 2 atom stereocenters. The fraction of sp³-hybridized carbons (Fsp3) is 0.304. The van der Waals surface area contributed by atoms with Gasteiger partial charge in [-0.3, -0.25) is 4.74 Å². The van der Waals surface area contributed by atoms with Gasteiger partial charge in [0.2, 0.25) is 12.0 Å². The molecule has 0 aromatic heterocycles. The predicted molar refractivity (Wildman–Crippen MR) is 109 cm³/mol. The smallest absolute Gasteiger partial charge is 0.328 e. The second kappa shape index (κ2) is 8.89. The molecule has 0 radical (unpaired) electrons. The second-order valence-electron chi connectivity index (χ2n) is 8.05. The molecule has 0 bridgehead atoms. The van der Waals surface area contributed by atoms with Crippen LogP contribution in [0, 0.1) is 0 Å². The largest absolute Gasteiger partial charge is 0.545 e. The van der Waals surface area contributed by atoms with Crippen molar-refractivity contribution >= 4 is 11.9 Å². The first-order valence-corrected chi connectivity index (χ1v) is 9.69. The highest BCUT2D eigenvalue weighted by Crippen LogP contribution is 2.48. The molecule has 0 amide bonds. The first-order valence-electron chi connectivity index (χ1n) is 9.69. The topological polar surface area (TPSA) is 105 Å². The third-order valence-corrected chi connectivity index (χ3v) is 4.95. The van der Waals surface area contributed by atoms with Gasteiger partial charge in [0.15, 0.2) is 0 Å². The van der Waals surface area contributed by atoms with Crippen molar-refractivity contribution in [3.63, 3.8) is 0 Å². The number of benzene rings is 2. The highest BCUT2D eigenvalue weighted by atomic mass is 16.8. The number of carbonyl (C=O) groups is 2. The fourth-order valence-corrected chi connectivity index (χ4v) is 3.38. The quantitative estimate of drug-likeness (QED) is 0.580. The maximum atomic E-state index is 9.53. The Labute approximate surface area is 180 Å². The van der Waals surface area contributed by atoms with E-state index in [0.717, 1.165) is 22.4 Å². The van der Waals surface area contributed by atoms with Crippen LogP contribution < -0.4 is 9.84 Å². The number of fused-ring (bicyclic) bond motifs is 4. The van der Waals surface area contributed by atoms with Gasteiger partial charge in [-0.25, -0.2) is 4.79 Å². The van der Waals surface area contributed by atoms with Gasteiger partial charge in [-0.1, -0.05) is 36.4 Å². The minimum absolute atomic E-state index is 0.0331. The van der Waals surface area contributed by atoms with Crippen LogP contribution in [-0.4, -0.2) is 55.5 Å². The van der Waals surface area contributed by atoms with E-state index >= 15 is 0 Å². The van der Waals surface area contributed by atoms with E-state index in [1.54, 1.807) is 0 Å². The predicted octanol–water partition coefficient (Wildman–Crippen LogP) is 1.24. The minimum atomic E-state index is -1.51. The monoisotopic (exact) mass is 427 g/mol. The van der Waals surface area contributed by atoms with Crippen molar-refractivity contribution in [1.82, 2.24) is 0 Å². The van der Waals surface area contributed by atoms with Crippen molar-refractivity contribution in [2.75, 3.05) is 27.7 Å². The molecule has 2 heterocycles. The highest BCUT2D eigenvalue weighted by molar-refractivity contribution is 5.88. The molecule has 1 saturated heterocycles. The van der Waals surface area contributed by atoms with Gasteiger partial charge in [0.05, 0.1) is 32.7 Å². The van der Waals surface area contributed by atoms with Gasteiger partial charge in [-0.15, -0.1) is 0 Å². The lowest BCUT2D eigenvalue weighted by atomic mass is 9.93. The lowest BCUT2D eigenvalue weighted by Crippen LogP contribution is -2.47. The summed E-state index contributed by atoms with van der Waals surface area (Å²) in [4.78, 5) is 19.0. The molecular formula is C23H25NO7. The standard InChI is InChI=1S/C19H22NO3.C4H4O4/c1-20(2,3)18-13-22-19(23-18)15-9-5-4-8-14(15)12-21-17-11-7-6-10-16(17)19;5-3(6)1-2-4(7)8/h4-11,18H,12-13H2,1-3H3;1-2H,(H,5,6)(H,7,8)/q+1;/p-1/b;2-1-. The molecule has 2 aromatic rings. The van der Waals surface area contributed by atoms with Crippen molar-refractivity contribution < 1.29 is 38.5 Å². The van der Waals surface area contributed by atoms with E-state index in [1.807, 2.05) is 36.4 Å².